The molecule has 40 heteroatoms. The number of imide groups is 3. The topological polar surface area (TPSA) is 410 Å². The monoisotopic (exact) mass is 1540 g/mol. The van der Waals surface area contributed by atoms with Crippen molar-refractivity contribution in [2.45, 2.75) is 46.5 Å². The van der Waals surface area contributed by atoms with Crippen molar-refractivity contribution in [3.8, 4) is 11.8 Å². The average Bonchev–Trinajstić information content (AvgIpc) is 1.43. The molecule has 0 atom stereocenters. The third-order valence-electron chi connectivity index (χ3n) is 11.2. The van der Waals surface area contributed by atoms with Crippen LogP contribution in [0.4, 0.5) is 35.0 Å². The minimum absolute atomic E-state index is 0.0114. The predicted molar refractivity (Wildman–Crippen MR) is 398 cm³/mol. The zero-order valence-electron chi connectivity index (χ0n) is 60.5. The number of aliphatic hydroxyl groups is 1. The van der Waals surface area contributed by atoms with Crippen LogP contribution in [0.3, 0.4) is 0 Å². The Balaban J connectivity index is 0.00000116. The normalized spacial score (nSPS) is 12.7. The molecule has 3 aliphatic heterocycles. The molecule has 6 N–H and O–H groups in total. The first kappa shape index (κ1) is 92.7. The number of Topliss-reactive ketones (excluding diaryl/α,β-unsaturated/α-hetero) is 2. The molecular formula is C62H87Cl6N23O11. The van der Waals surface area contributed by atoms with Crippen molar-refractivity contribution in [1.82, 2.24) is 86.4 Å². The Bertz CT molecular complexity index is 3710. The molecule has 6 aromatic heterocycles. The molecule has 9 rings (SSSR count). The number of hydrogen-bond acceptors (Lipinski definition) is 31. The number of ketones is 2. The zero-order valence-corrected chi connectivity index (χ0v) is 65.0. The van der Waals surface area contributed by atoms with Crippen LogP contribution in [0.25, 0.3) is 12.2 Å². The van der Waals surface area contributed by atoms with Crippen LogP contribution in [0.2, 0.25) is 31.6 Å². The number of ether oxygens (including phenoxy) is 2. The molecule has 0 aromatic carbocycles. The van der Waals surface area contributed by atoms with Gasteiger partial charge in [-0.25, -0.2) is 44.9 Å². The molecule has 0 saturated carbocycles. The highest BCUT2D eigenvalue weighted by atomic mass is 35.5. The molecular weight excluding hydrogens is 1460 g/mol. The summed E-state index contributed by atoms with van der Waals surface area (Å²) in [4.78, 5) is 145. The summed E-state index contributed by atoms with van der Waals surface area (Å²) in [6.45, 7) is 4.76. The number of anilines is 6. The van der Waals surface area contributed by atoms with Crippen LogP contribution in [0.5, 0.6) is 11.8 Å². The van der Waals surface area contributed by atoms with Crippen LogP contribution >= 0.6 is 69.6 Å². The maximum atomic E-state index is 11.6. The van der Waals surface area contributed by atoms with Gasteiger partial charge in [0.05, 0.1) is 38.4 Å². The fourth-order valence-corrected chi connectivity index (χ4v) is 7.71. The van der Waals surface area contributed by atoms with E-state index in [1.54, 1.807) is 64.1 Å². The Hall–Kier alpha value is -9.26. The third-order valence-corrected chi connectivity index (χ3v) is 12.3. The van der Waals surface area contributed by atoms with Gasteiger partial charge in [0.2, 0.25) is 67.8 Å². The number of nitrogens with zero attached hydrogens (tertiary/aromatic N) is 18. The summed E-state index contributed by atoms with van der Waals surface area (Å²) >= 11 is 33.7. The Morgan fingerprint density at radius 2 is 0.745 bits per heavy atom. The average molecular weight is 1540 g/mol. The lowest BCUT2D eigenvalue weighted by Gasteiger charge is -2.16. The second-order valence-corrected chi connectivity index (χ2v) is 23.5. The lowest BCUT2D eigenvalue weighted by Crippen LogP contribution is -2.19. The van der Waals surface area contributed by atoms with E-state index in [4.69, 9.17) is 84.2 Å². The minimum atomic E-state index is -0.388. The number of rotatable bonds is 12. The number of aromatic nitrogens is 12. The standard InChI is InChI=1S/C13H17N5O2.C11H11ClN4O2.C8H10ClN3O.2C7H10ClN3O.C6H4Cl2N2O.C4H5NO2.2C2H7N.C2H6O/c1-17(2)10-7-9(14-13(15-10)18(3)4)5-8-6-11(19)16-12(8)20;1-16(2)8-5-7(13-11(12)14-8)3-6-4-9(17)15-10(6)18;1-5(13)6-4-7(12(2)3)11-8(9)10-6;2*1-11(2)5-4-6(12-3)10-7(8)9-5;1-3(11)4-2-5(7)10-6(8)9-4;6-3-1-2-4(7)5-3;2*1-3-2;1-2-3/h5,7H,6H2,1-4H3,(H,16,19,20);3,5H,4H2,1-2H3,(H,15,17,18);4H,1-3H3;2*4H,1-3H3;2H,1H3;1-2H2,(H,5,6,7);2*3H,1-2H3;3H,2H2,1H3/b8-5+;6-3+;;;;;;;;. The Morgan fingerprint density at radius 3 is 1.04 bits per heavy atom. The molecule has 102 heavy (non-hydrogen) atoms. The Kier molecular flexibility index (Phi) is 44.1. The van der Waals surface area contributed by atoms with Crippen molar-refractivity contribution in [3.05, 3.63) is 102 Å². The molecule has 9 heterocycles. The Morgan fingerprint density at radius 1 is 0.441 bits per heavy atom. The highest BCUT2D eigenvalue weighted by Crippen LogP contribution is 2.23. The van der Waals surface area contributed by atoms with Gasteiger partial charge in [0, 0.05) is 165 Å². The third kappa shape index (κ3) is 37.4. The lowest BCUT2D eigenvalue weighted by molar-refractivity contribution is -0.126. The zero-order chi connectivity index (χ0) is 78.3. The van der Waals surface area contributed by atoms with Crippen molar-refractivity contribution >= 4 is 164 Å². The molecule has 0 unspecified atom stereocenters. The molecule has 0 aliphatic carbocycles. The number of halogens is 6. The van der Waals surface area contributed by atoms with Crippen LogP contribution in [0.15, 0.2) is 47.5 Å². The van der Waals surface area contributed by atoms with Crippen molar-refractivity contribution in [2.24, 2.45) is 0 Å². The maximum absolute atomic E-state index is 11.6. The highest BCUT2D eigenvalue weighted by Gasteiger charge is 2.25. The van der Waals surface area contributed by atoms with E-state index < -0.39 is 0 Å². The van der Waals surface area contributed by atoms with Crippen molar-refractivity contribution in [1.29, 1.82) is 0 Å². The summed E-state index contributed by atoms with van der Waals surface area (Å²) in [6, 6.07) is 9.87. The van der Waals surface area contributed by atoms with E-state index in [2.05, 4.69) is 86.4 Å². The van der Waals surface area contributed by atoms with E-state index in [-0.39, 0.29) is 104 Å². The molecule has 3 aliphatic rings. The highest BCUT2D eigenvalue weighted by molar-refractivity contribution is 6.32. The van der Waals surface area contributed by atoms with E-state index >= 15 is 0 Å². The number of carbonyl (C=O) groups is 8. The number of methoxy groups -OCH3 is 2. The van der Waals surface area contributed by atoms with E-state index in [9.17, 15) is 38.4 Å². The van der Waals surface area contributed by atoms with Crippen LogP contribution < -0.4 is 65.5 Å². The van der Waals surface area contributed by atoms with Gasteiger partial charge in [0.25, 0.3) is 11.8 Å². The molecule has 3 saturated heterocycles. The molecule has 0 spiro atoms. The number of amides is 6. The largest absolute Gasteiger partial charge is 0.481 e. The summed E-state index contributed by atoms with van der Waals surface area (Å²) in [5, 5.41) is 20.4. The number of carbonyl (C=O) groups excluding carboxylic acids is 8. The molecule has 6 amide bonds. The summed E-state index contributed by atoms with van der Waals surface area (Å²) in [5.74, 6) is 3.02. The first-order chi connectivity index (χ1) is 47.7. The van der Waals surface area contributed by atoms with Gasteiger partial charge in [-0.1, -0.05) is 11.6 Å². The van der Waals surface area contributed by atoms with Crippen LogP contribution in [-0.4, -0.2) is 246 Å². The SMILES string of the molecule is CC(=O)c1cc(Cl)nc(Cl)n1.CC(=O)c1cc(N(C)C)nc(Cl)n1.CCO.CN(C)c1cc(/C=C2\CC(=O)NC2=O)nc(Cl)n1.CN(C)c1cc(/C=C2\CC(=O)NC2=O)nc(N(C)C)n1.CNC.CNC.COc1cc(N(C)C)nc(Cl)n1.COc1cc(N(C)C)nc(Cl)n1.O=C1CCC(=O)N1. The molecule has 0 radical (unpaired) electrons. The molecule has 6 aromatic rings. The van der Waals surface area contributed by atoms with Crippen molar-refractivity contribution in [3.63, 3.8) is 0 Å². The van der Waals surface area contributed by atoms with E-state index in [1.807, 2.05) is 127 Å². The fourth-order valence-electron chi connectivity index (χ4n) is 6.60. The summed E-state index contributed by atoms with van der Waals surface area (Å²) in [5.41, 5.74) is 2.46. The number of hydrogen-bond donors (Lipinski definition) is 6. The van der Waals surface area contributed by atoms with Gasteiger partial charge in [-0.3, -0.25) is 54.3 Å². The lowest BCUT2D eigenvalue weighted by atomic mass is 10.2. The fraction of sp³-hybridized carbons (Fsp3) is 0.419. The molecule has 0 bridgehead atoms. The summed E-state index contributed by atoms with van der Waals surface area (Å²) in [6.07, 6.45) is 4.08. The van der Waals surface area contributed by atoms with Gasteiger partial charge in [-0.15, -0.1) is 0 Å². The first-order valence-electron chi connectivity index (χ1n) is 29.8. The van der Waals surface area contributed by atoms with Gasteiger partial charge in [0.1, 0.15) is 45.6 Å². The summed E-state index contributed by atoms with van der Waals surface area (Å²) < 4.78 is 9.85. The van der Waals surface area contributed by atoms with E-state index in [1.165, 1.54) is 34.1 Å². The summed E-state index contributed by atoms with van der Waals surface area (Å²) in [7, 11) is 32.8. The second kappa shape index (κ2) is 48.5. The minimum Gasteiger partial charge on any atom is -0.481 e. The van der Waals surface area contributed by atoms with Gasteiger partial charge >= 0.3 is 0 Å². The van der Waals surface area contributed by atoms with Crippen LogP contribution in [0.1, 0.15) is 78.8 Å². The molecule has 34 nitrogen and oxygen atoms in total. The maximum Gasteiger partial charge on any atom is 0.254 e. The van der Waals surface area contributed by atoms with Gasteiger partial charge in [-0.05, 0) is 105 Å². The molecule has 3 fully saturated rings. The van der Waals surface area contributed by atoms with Crippen LogP contribution in [-0.2, 0) is 28.8 Å². The molecule has 558 valence electrons. The van der Waals surface area contributed by atoms with Gasteiger partial charge in [-0.2, -0.15) is 15.0 Å². The van der Waals surface area contributed by atoms with Gasteiger partial charge in [0.15, 0.2) is 11.6 Å². The number of nitrogens with one attached hydrogen (secondary N) is 5. The van der Waals surface area contributed by atoms with Crippen molar-refractivity contribution < 1.29 is 52.9 Å². The van der Waals surface area contributed by atoms with Crippen LogP contribution in [0, 0.1) is 0 Å². The van der Waals surface area contributed by atoms with Gasteiger partial charge < -0.3 is 54.6 Å². The second-order valence-electron chi connectivity index (χ2n) is 21.4. The van der Waals surface area contributed by atoms with E-state index in [0.717, 1.165) is 17.5 Å². The Labute approximate surface area is 622 Å². The predicted octanol–water partition coefficient (Wildman–Crippen LogP) is 5.55. The van der Waals surface area contributed by atoms with E-state index in [0.29, 0.717) is 70.4 Å². The first-order valence-corrected chi connectivity index (χ1v) is 32.1. The smallest absolute Gasteiger partial charge is 0.254 e. The van der Waals surface area contributed by atoms with Crippen molar-refractivity contribution in [2.75, 3.05) is 163 Å². The number of aliphatic hydroxyl groups excluding tert-OH is 1. The quantitative estimate of drug-likeness (QED) is 0.0287.